The van der Waals surface area contributed by atoms with E-state index in [0.717, 1.165) is 42.4 Å². The minimum absolute atomic E-state index is 0.0139. The number of thioether (sulfide) groups is 1. The van der Waals surface area contributed by atoms with Gasteiger partial charge in [-0.15, -0.1) is 10.2 Å². The standard InChI is InChI=1S/C23H28N4O2S/c1-27-21(10-6-9-19-11-13-20(29-2)14-12-19)25-26-23(27)30-17-22(28)24-16-15-18-7-4-3-5-8-18/h3-5,7-8,11-14H,6,9-10,15-17H2,1-2H3,(H,24,28). The van der Waals surface area contributed by atoms with Crippen LogP contribution in [0.4, 0.5) is 0 Å². The first kappa shape index (κ1) is 21.9. The van der Waals surface area contributed by atoms with E-state index in [1.807, 2.05) is 41.9 Å². The molecule has 0 aliphatic rings. The summed E-state index contributed by atoms with van der Waals surface area (Å²) in [6, 6.07) is 18.3. The highest BCUT2D eigenvalue weighted by atomic mass is 32.2. The van der Waals surface area contributed by atoms with Crippen molar-refractivity contribution in [1.29, 1.82) is 0 Å². The molecule has 1 aromatic heterocycles. The lowest BCUT2D eigenvalue weighted by molar-refractivity contribution is -0.118. The van der Waals surface area contributed by atoms with Crippen LogP contribution in [0.25, 0.3) is 0 Å². The van der Waals surface area contributed by atoms with Crippen molar-refractivity contribution in [2.75, 3.05) is 19.4 Å². The van der Waals surface area contributed by atoms with Crippen LogP contribution >= 0.6 is 11.8 Å². The van der Waals surface area contributed by atoms with Gasteiger partial charge in [-0.25, -0.2) is 0 Å². The molecule has 158 valence electrons. The van der Waals surface area contributed by atoms with E-state index in [1.165, 1.54) is 22.9 Å². The molecule has 0 saturated heterocycles. The summed E-state index contributed by atoms with van der Waals surface area (Å²) in [5.74, 6) is 2.17. The summed E-state index contributed by atoms with van der Waals surface area (Å²) in [6.07, 6.45) is 3.64. The number of benzene rings is 2. The van der Waals surface area contributed by atoms with Crippen LogP contribution in [0.15, 0.2) is 59.8 Å². The Bertz CT molecular complexity index is 926. The van der Waals surface area contributed by atoms with Gasteiger partial charge in [-0.3, -0.25) is 4.79 Å². The van der Waals surface area contributed by atoms with Gasteiger partial charge >= 0.3 is 0 Å². The number of aryl methyl sites for hydroxylation is 2. The second kappa shape index (κ2) is 11.4. The smallest absolute Gasteiger partial charge is 0.230 e. The molecule has 0 atom stereocenters. The van der Waals surface area contributed by atoms with Crippen LogP contribution in [0.3, 0.4) is 0 Å². The molecule has 1 N–H and O–H groups in total. The predicted molar refractivity (Wildman–Crippen MR) is 120 cm³/mol. The third-order valence-corrected chi connectivity index (χ3v) is 5.88. The molecule has 2 aromatic carbocycles. The lowest BCUT2D eigenvalue weighted by Gasteiger charge is -2.06. The quantitative estimate of drug-likeness (QED) is 0.478. The summed E-state index contributed by atoms with van der Waals surface area (Å²) in [5, 5.41) is 12.3. The van der Waals surface area contributed by atoms with Crippen molar-refractivity contribution in [2.24, 2.45) is 7.05 Å². The van der Waals surface area contributed by atoms with Crippen molar-refractivity contribution < 1.29 is 9.53 Å². The molecule has 0 fully saturated rings. The molecule has 1 heterocycles. The van der Waals surface area contributed by atoms with Gasteiger partial charge in [0.2, 0.25) is 5.91 Å². The highest BCUT2D eigenvalue weighted by Crippen LogP contribution is 2.17. The fraction of sp³-hybridized carbons (Fsp3) is 0.348. The van der Waals surface area contributed by atoms with Crippen LogP contribution in [0.5, 0.6) is 5.75 Å². The second-order valence-electron chi connectivity index (χ2n) is 7.03. The number of nitrogens with one attached hydrogen (secondary N) is 1. The topological polar surface area (TPSA) is 69.0 Å². The van der Waals surface area contributed by atoms with Crippen LogP contribution in [-0.4, -0.2) is 40.1 Å². The summed E-state index contributed by atoms with van der Waals surface area (Å²) in [6.45, 7) is 0.638. The molecule has 0 unspecified atom stereocenters. The Morgan fingerprint density at radius 1 is 1.00 bits per heavy atom. The maximum atomic E-state index is 12.1. The third kappa shape index (κ3) is 6.62. The molecule has 0 aliphatic carbocycles. The Kier molecular flexibility index (Phi) is 8.32. The Hall–Kier alpha value is -2.80. The van der Waals surface area contributed by atoms with Gasteiger partial charge in [-0.1, -0.05) is 54.2 Å². The van der Waals surface area contributed by atoms with E-state index in [2.05, 4.69) is 39.8 Å². The maximum Gasteiger partial charge on any atom is 0.230 e. The van der Waals surface area contributed by atoms with Gasteiger partial charge in [0.1, 0.15) is 11.6 Å². The Morgan fingerprint density at radius 2 is 1.73 bits per heavy atom. The summed E-state index contributed by atoms with van der Waals surface area (Å²) in [4.78, 5) is 12.1. The van der Waals surface area contributed by atoms with Crippen molar-refractivity contribution in [1.82, 2.24) is 20.1 Å². The molecule has 6 nitrogen and oxygen atoms in total. The average Bonchev–Trinajstić information content (AvgIpc) is 3.13. The Morgan fingerprint density at radius 3 is 2.47 bits per heavy atom. The second-order valence-corrected chi connectivity index (χ2v) is 7.98. The SMILES string of the molecule is COc1ccc(CCCc2nnc(SCC(=O)NCCc3ccccc3)n2C)cc1. The number of aromatic nitrogens is 3. The van der Waals surface area contributed by atoms with Crippen molar-refractivity contribution in [3.8, 4) is 5.75 Å². The van der Waals surface area contributed by atoms with Crippen molar-refractivity contribution in [2.45, 2.75) is 30.8 Å². The van der Waals surface area contributed by atoms with Gasteiger partial charge in [0.25, 0.3) is 0 Å². The Labute approximate surface area is 182 Å². The van der Waals surface area contributed by atoms with E-state index in [4.69, 9.17) is 4.74 Å². The normalized spacial score (nSPS) is 10.7. The fourth-order valence-electron chi connectivity index (χ4n) is 3.10. The lowest BCUT2D eigenvalue weighted by atomic mass is 10.1. The van der Waals surface area contributed by atoms with Crippen LogP contribution in [0, 0.1) is 0 Å². The van der Waals surface area contributed by atoms with E-state index in [9.17, 15) is 4.79 Å². The van der Waals surface area contributed by atoms with E-state index < -0.39 is 0 Å². The van der Waals surface area contributed by atoms with Gasteiger partial charge in [0.15, 0.2) is 5.16 Å². The molecule has 0 radical (unpaired) electrons. The molecule has 0 aliphatic heterocycles. The zero-order valence-corrected chi connectivity index (χ0v) is 18.3. The predicted octanol–water partition coefficient (Wildman–Crippen LogP) is 3.45. The first-order valence-electron chi connectivity index (χ1n) is 10.1. The summed E-state index contributed by atoms with van der Waals surface area (Å²) < 4.78 is 7.17. The monoisotopic (exact) mass is 424 g/mol. The van der Waals surface area contributed by atoms with Crippen LogP contribution < -0.4 is 10.1 Å². The van der Waals surface area contributed by atoms with Crippen molar-refractivity contribution >= 4 is 17.7 Å². The highest BCUT2D eigenvalue weighted by Gasteiger charge is 2.11. The molecule has 0 spiro atoms. The van der Waals surface area contributed by atoms with E-state index >= 15 is 0 Å². The van der Waals surface area contributed by atoms with Gasteiger partial charge in [-0.2, -0.15) is 0 Å². The van der Waals surface area contributed by atoms with Crippen LogP contribution in [-0.2, 0) is 31.1 Å². The molecular formula is C23H28N4O2S. The molecule has 7 heteroatoms. The number of carbonyl (C=O) groups excluding carboxylic acids is 1. The van der Waals surface area contributed by atoms with E-state index in [1.54, 1.807) is 7.11 Å². The molecule has 3 aromatic rings. The van der Waals surface area contributed by atoms with Gasteiger partial charge in [-0.05, 0) is 42.5 Å². The number of amides is 1. The number of rotatable bonds is 11. The zero-order valence-electron chi connectivity index (χ0n) is 17.5. The average molecular weight is 425 g/mol. The van der Waals surface area contributed by atoms with E-state index in [0.29, 0.717) is 12.3 Å². The highest BCUT2D eigenvalue weighted by molar-refractivity contribution is 7.99. The van der Waals surface area contributed by atoms with Gasteiger partial charge in [0.05, 0.1) is 12.9 Å². The molecule has 0 bridgehead atoms. The van der Waals surface area contributed by atoms with Crippen LogP contribution in [0.1, 0.15) is 23.4 Å². The molecule has 1 amide bonds. The molecular weight excluding hydrogens is 396 g/mol. The number of methoxy groups -OCH3 is 1. The lowest BCUT2D eigenvalue weighted by Crippen LogP contribution is -2.27. The number of nitrogens with zero attached hydrogens (tertiary/aromatic N) is 3. The first-order valence-corrected chi connectivity index (χ1v) is 11.1. The minimum Gasteiger partial charge on any atom is -0.497 e. The molecule has 3 rings (SSSR count). The van der Waals surface area contributed by atoms with Gasteiger partial charge < -0.3 is 14.6 Å². The van der Waals surface area contributed by atoms with Crippen molar-refractivity contribution in [3.05, 3.63) is 71.5 Å². The molecule has 0 saturated carbocycles. The fourth-order valence-corrected chi connectivity index (χ4v) is 3.86. The number of carbonyl (C=O) groups is 1. The zero-order chi connectivity index (χ0) is 21.2. The van der Waals surface area contributed by atoms with Gasteiger partial charge in [0, 0.05) is 20.0 Å². The van der Waals surface area contributed by atoms with Crippen LogP contribution in [0.2, 0.25) is 0 Å². The summed E-state index contributed by atoms with van der Waals surface area (Å²) in [7, 11) is 3.63. The first-order chi connectivity index (χ1) is 14.7. The number of hydrogen-bond donors (Lipinski definition) is 1. The van der Waals surface area contributed by atoms with E-state index in [-0.39, 0.29) is 5.91 Å². The maximum absolute atomic E-state index is 12.1. The number of ether oxygens (including phenoxy) is 1. The summed E-state index contributed by atoms with van der Waals surface area (Å²) >= 11 is 1.42. The minimum atomic E-state index is 0.0139. The van der Waals surface area contributed by atoms with Crippen molar-refractivity contribution in [3.63, 3.8) is 0 Å². The third-order valence-electron chi connectivity index (χ3n) is 4.86. The number of hydrogen-bond acceptors (Lipinski definition) is 5. The summed E-state index contributed by atoms with van der Waals surface area (Å²) in [5.41, 5.74) is 2.50. The largest absolute Gasteiger partial charge is 0.497 e. The Balaban J connectivity index is 1.38. The molecule has 30 heavy (non-hydrogen) atoms.